The monoisotopic (exact) mass is 194 g/mol. The quantitative estimate of drug-likeness (QED) is 0.767. The van der Waals surface area contributed by atoms with Gasteiger partial charge in [-0.15, -0.1) is 0 Å². The number of rotatable bonds is 2. The van der Waals surface area contributed by atoms with Crippen LogP contribution >= 0.6 is 0 Å². The van der Waals surface area contributed by atoms with Gasteiger partial charge in [-0.3, -0.25) is 0 Å². The Balaban J connectivity index is 2.49. The molecule has 0 aliphatic heterocycles. The first-order chi connectivity index (χ1) is 6.53. The summed E-state index contributed by atoms with van der Waals surface area (Å²) in [4.78, 5) is 0. The summed E-state index contributed by atoms with van der Waals surface area (Å²) in [5, 5.41) is 9.99. The summed E-state index contributed by atoms with van der Waals surface area (Å²) >= 11 is 0. The predicted octanol–water partition coefficient (Wildman–Crippen LogP) is 2.93. The third-order valence-corrected chi connectivity index (χ3v) is 2.86. The first-order valence-corrected chi connectivity index (χ1v) is 5.05. The van der Waals surface area contributed by atoms with E-state index in [1.54, 1.807) is 6.07 Å². The van der Waals surface area contributed by atoms with E-state index in [9.17, 15) is 9.50 Å². The van der Waals surface area contributed by atoms with Crippen LogP contribution in [0.4, 0.5) is 4.39 Å². The molecule has 1 aromatic carbocycles. The van der Waals surface area contributed by atoms with E-state index in [4.69, 9.17) is 0 Å². The lowest BCUT2D eigenvalue weighted by atomic mass is 9.93. The highest BCUT2D eigenvalue weighted by atomic mass is 19.1. The highest BCUT2D eigenvalue weighted by Gasteiger charge is 2.43. The maximum absolute atomic E-state index is 13.1. The third-order valence-electron chi connectivity index (χ3n) is 2.86. The maximum Gasteiger partial charge on any atom is 0.123 e. The summed E-state index contributed by atoms with van der Waals surface area (Å²) in [6.07, 6.45) is 1.52. The molecule has 14 heavy (non-hydrogen) atoms. The smallest absolute Gasteiger partial charge is 0.123 e. The standard InChI is InChI=1S/C12H15FO/c1-8(2)10-4-3-9(13)7-11(10)12(14)5-6-12/h3-4,7-8,14H,5-6H2,1-2H3. The number of hydrogen-bond acceptors (Lipinski definition) is 1. The third kappa shape index (κ3) is 1.55. The van der Waals surface area contributed by atoms with E-state index in [-0.39, 0.29) is 5.82 Å². The molecule has 0 radical (unpaired) electrons. The summed E-state index contributed by atoms with van der Waals surface area (Å²) < 4.78 is 13.1. The molecule has 1 aliphatic carbocycles. The van der Waals surface area contributed by atoms with Crippen LogP contribution in [-0.2, 0) is 5.60 Å². The molecule has 1 saturated carbocycles. The molecule has 0 unspecified atom stereocenters. The van der Waals surface area contributed by atoms with Crippen molar-refractivity contribution in [2.24, 2.45) is 0 Å². The van der Waals surface area contributed by atoms with E-state index in [0.29, 0.717) is 5.92 Å². The average molecular weight is 194 g/mol. The van der Waals surface area contributed by atoms with Crippen molar-refractivity contribution in [3.05, 3.63) is 35.1 Å². The summed E-state index contributed by atoms with van der Waals surface area (Å²) in [7, 11) is 0. The van der Waals surface area contributed by atoms with Gasteiger partial charge < -0.3 is 5.11 Å². The lowest BCUT2D eigenvalue weighted by Crippen LogP contribution is -2.09. The van der Waals surface area contributed by atoms with Crippen molar-refractivity contribution in [1.29, 1.82) is 0 Å². The van der Waals surface area contributed by atoms with E-state index in [1.807, 2.05) is 0 Å². The molecule has 1 fully saturated rings. The highest BCUT2D eigenvalue weighted by Crippen LogP contribution is 2.47. The van der Waals surface area contributed by atoms with E-state index >= 15 is 0 Å². The molecular weight excluding hydrogens is 179 g/mol. The Kier molecular flexibility index (Phi) is 2.11. The van der Waals surface area contributed by atoms with Crippen molar-refractivity contribution in [1.82, 2.24) is 0 Å². The molecule has 0 atom stereocenters. The summed E-state index contributed by atoms with van der Waals surface area (Å²) in [6.45, 7) is 4.12. The highest BCUT2D eigenvalue weighted by molar-refractivity contribution is 5.38. The average Bonchev–Trinajstić information content (AvgIpc) is 2.84. The Morgan fingerprint density at radius 2 is 2.00 bits per heavy atom. The fourth-order valence-corrected chi connectivity index (χ4v) is 1.82. The van der Waals surface area contributed by atoms with Crippen molar-refractivity contribution in [2.75, 3.05) is 0 Å². The van der Waals surface area contributed by atoms with Crippen LogP contribution in [0.1, 0.15) is 43.7 Å². The Labute approximate surface area is 83.6 Å². The summed E-state index contributed by atoms with van der Waals surface area (Å²) in [6, 6.07) is 4.72. The SMILES string of the molecule is CC(C)c1ccc(F)cc1C1(O)CC1. The Morgan fingerprint density at radius 1 is 1.36 bits per heavy atom. The van der Waals surface area contributed by atoms with Gasteiger partial charge in [0.25, 0.3) is 0 Å². The molecule has 0 bridgehead atoms. The van der Waals surface area contributed by atoms with E-state index in [2.05, 4.69) is 13.8 Å². The van der Waals surface area contributed by atoms with Gasteiger partial charge in [0.15, 0.2) is 0 Å². The van der Waals surface area contributed by atoms with Gasteiger partial charge >= 0.3 is 0 Å². The second-order valence-electron chi connectivity index (χ2n) is 4.42. The van der Waals surface area contributed by atoms with Gasteiger partial charge in [0, 0.05) is 0 Å². The normalized spacial score (nSPS) is 18.6. The number of hydrogen-bond donors (Lipinski definition) is 1. The zero-order valence-corrected chi connectivity index (χ0v) is 8.55. The van der Waals surface area contributed by atoms with Crippen molar-refractivity contribution in [3.8, 4) is 0 Å². The zero-order valence-electron chi connectivity index (χ0n) is 8.55. The number of benzene rings is 1. The summed E-state index contributed by atoms with van der Waals surface area (Å²) in [5.74, 6) is 0.0694. The van der Waals surface area contributed by atoms with Crippen LogP contribution < -0.4 is 0 Å². The molecule has 2 heteroatoms. The van der Waals surface area contributed by atoms with Crippen molar-refractivity contribution >= 4 is 0 Å². The van der Waals surface area contributed by atoms with Crippen LogP contribution in [0.15, 0.2) is 18.2 Å². The topological polar surface area (TPSA) is 20.2 Å². The van der Waals surface area contributed by atoms with Gasteiger partial charge in [0.2, 0.25) is 0 Å². The Hall–Kier alpha value is -0.890. The fourth-order valence-electron chi connectivity index (χ4n) is 1.82. The van der Waals surface area contributed by atoms with Crippen molar-refractivity contribution in [2.45, 2.75) is 38.2 Å². The molecule has 0 spiro atoms. The van der Waals surface area contributed by atoms with Crippen LogP contribution in [0.25, 0.3) is 0 Å². The van der Waals surface area contributed by atoms with E-state index in [1.165, 1.54) is 12.1 Å². The number of aliphatic hydroxyl groups is 1. The van der Waals surface area contributed by atoms with Crippen molar-refractivity contribution < 1.29 is 9.50 Å². The van der Waals surface area contributed by atoms with Gasteiger partial charge in [-0.05, 0) is 42.0 Å². The Bertz CT molecular complexity index is 353. The van der Waals surface area contributed by atoms with Crippen LogP contribution in [0.3, 0.4) is 0 Å². The first-order valence-electron chi connectivity index (χ1n) is 5.05. The molecule has 2 rings (SSSR count). The number of halogens is 1. The van der Waals surface area contributed by atoms with Gasteiger partial charge in [-0.2, -0.15) is 0 Å². The Morgan fingerprint density at radius 3 is 2.50 bits per heavy atom. The second kappa shape index (κ2) is 3.06. The molecule has 1 aliphatic rings. The van der Waals surface area contributed by atoms with E-state index in [0.717, 1.165) is 24.0 Å². The molecule has 1 aromatic rings. The zero-order chi connectivity index (χ0) is 10.3. The van der Waals surface area contributed by atoms with Gasteiger partial charge in [-0.25, -0.2) is 4.39 Å². The molecule has 0 saturated heterocycles. The molecule has 76 valence electrons. The molecule has 0 amide bonds. The predicted molar refractivity (Wildman–Crippen MR) is 53.6 cm³/mol. The van der Waals surface area contributed by atoms with E-state index < -0.39 is 5.60 Å². The fraction of sp³-hybridized carbons (Fsp3) is 0.500. The summed E-state index contributed by atoms with van der Waals surface area (Å²) in [5.41, 5.74) is 1.11. The van der Waals surface area contributed by atoms with Gasteiger partial charge in [0.1, 0.15) is 5.82 Å². The maximum atomic E-state index is 13.1. The van der Waals surface area contributed by atoms with Gasteiger partial charge in [0.05, 0.1) is 5.60 Å². The van der Waals surface area contributed by atoms with Crippen LogP contribution in [0.5, 0.6) is 0 Å². The van der Waals surface area contributed by atoms with Crippen LogP contribution in [0.2, 0.25) is 0 Å². The minimum atomic E-state index is -0.734. The first kappa shape index (κ1) is 9.66. The minimum Gasteiger partial charge on any atom is -0.385 e. The lowest BCUT2D eigenvalue weighted by molar-refractivity contribution is 0.149. The van der Waals surface area contributed by atoms with Gasteiger partial charge in [-0.1, -0.05) is 19.9 Å². The minimum absolute atomic E-state index is 0.260. The molecule has 1 N–H and O–H groups in total. The molecule has 0 heterocycles. The second-order valence-corrected chi connectivity index (χ2v) is 4.42. The van der Waals surface area contributed by atoms with Crippen molar-refractivity contribution in [3.63, 3.8) is 0 Å². The molecular formula is C12H15FO. The largest absolute Gasteiger partial charge is 0.385 e. The molecule has 1 nitrogen and oxygen atoms in total. The molecule has 0 aromatic heterocycles. The van der Waals surface area contributed by atoms with Crippen LogP contribution in [-0.4, -0.2) is 5.11 Å². The van der Waals surface area contributed by atoms with Crippen LogP contribution in [0, 0.1) is 5.82 Å². The lowest BCUT2D eigenvalue weighted by Gasteiger charge is -2.16.